The predicted molar refractivity (Wildman–Crippen MR) is 55.2 cm³/mol. The van der Waals surface area contributed by atoms with Crippen LogP contribution in [0.15, 0.2) is 22.8 Å². The summed E-state index contributed by atoms with van der Waals surface area (Å²) in [5.41, 5.74) is 0. The normalized spacial score (nSPS) is 10.8. The van der Waals surface area contributed by atoms with Gasteiger partial charge in [-0.1, -0.05) is 0 Å². The Morgan fingerprint density at radius 1 is 1.46 bits per heavy atom. The van der Waals surface area contributed by atoms with Crippen LogP contribution in [0, 0.1) is 0 Å². The summed E-state index contributed by atoms with van der Waals surface area (Å²) in [7, 11) is 0. The summed E-state index contributed by atoms with van der Waals surface area (Å²) in [6.07, 6.45) is 1.57. The molecule has 2 rings (SSSR count). The molecule has 5 heteroatoms. The van der Waals surface area contributed by atoms with Gasteiger partial charge in [0.05, 0.1) is 6.61 Å². The van der Waals surface area contributed by atoms with E-state index in [1.165, 1.54) is 0 Å². The Balaban J connectivity index is 2.37. The van der Waals surface area contributed by atoms with Crippen LogP contribution < -0.4 is 0 Å². The Bertz CT molecular complexity index is 402. The molecule has 0 atom stereocenters. The van der Waals surface area contributed by atoms with Crippen LogP contribution in [0.1, 0.15) is 0 Å². The van der Waals surface area contributed by atoms with Crippen molar-refractivity contribution in [3.63, 3.8) is 0 Å². The van der Waals surface area contributed by atoms with Crippen molar-refractivity contribution >= 4 is 33.3 Å². The third-order valence-electron chi connectivity index (χ3n) is 1.56. The van der Waals surface area contributed by atoms with Crippen LogP contribution in [-0.4, -0.2) is 27.4 Å². The highest BCUT2D eigenvalue weighted by molar-refractivity contribution is 7.99. The molecule has 0 unspecified atom stereocenters. The molecule has 0 aliphatic carbocycles. The summed E-state index contributed by atoms with van der Waals surface area (Å²) in [6.45, 7) is 0.181. The molecule has 0 amide bonds. The number of hydrogen-bond acceptors (Lipinski definition) is 5. The summed E-state index contributed by atoms with van der Waals surface area (Å²) in [5.74, 6) is 0.683. The fraction of sp³-hybridized carbons (Fsp3) is 0.250. The van der Waals surface area contributed by atoms with E-state index < -0.39 is 0 Å². The first-order valence-corrected chi connectivity index (χ1v) is 5.70. The van der Waals surface area contributed by atoms with E-state index in [1.54, 1.807) is 29.4 Å². The van der Waals surface area contributed by atoms with Crippen LogP contribution in [0.5, 0.6) is 0 Å². The number of hydrogen-bond donors (Lipinski definition) is 1. The van der Waals surface area contributed by atoms with E-state index in [4.69, 9.17) is 5.11 Å². The number of fused-ring (bicyclic) bond motifs is 1. The summed E-state index contributed by atoms with van der Waals surface area (Å²) >= 11 is 3.17. The molecule has 0 radical (unpaired) electrons. The van der Waals surface area contributed by atoms with Crippen LogP contribution in [0.25, 0.3) is 10.2 Å². The number of thioether (sulfide) groups is 1. The maximum absolute atomic E-state index is 8.69. The molecule has 0 saturated carbocycles. The van der Waals surface area contributed by atoms with Crippen molar-refractivity contribution in [2.75, 3.05) is 12.4 Å². The van der Waals surface area contributed by atoms with Crippen molar-refractivity contribution in [1.82, 2.24) is 9.97 Å². The highest BCUT2D eigenvalue weighted by atomic mass is 32.2. The van der Waals surface area contributed by atoms with Gasteiger partial charge in [0, 0.05) is 11.1 Å². The maximum atomic E-state index is 8.69. The minimum absolute atomic E-state index is 0.181. The first-order chi connectivity index (χ1) is 6.42. The minimum Gasteiger partial charge on any atom is -0.396 e. The van der Waals surface area contributed by atoms with Crippen LogP contribution in [0.2, 0.25) is 0 Å². The number of aliphatic hydroxyl groups is 1. The first kappa shape index (κ1) is 8.93. The standard InChI is InChI=1S/C8H8N2OS2/c11-2-4-13-8-6-1-3-12-7(6)9-5-10-8/h1,3,5,11H,2,4H2. The van der Waals surface area contributed by atoms with Crippen molar-refractivity contribution in [3.05, 3.63) is 17.8 Å². The molecular weight excluding hydrogens is 204 g/mol. The van der Waals surface area contributed by atoms with Gasteiger partial charge in [0.15, 0.2) is 0 Å². The van der Waals surface area contributed by atoms with Crippen molar-refractivity contribution in [3.8, 4) is 0 Å². The predicted octanol–water partition coefficient (Wildman–Crippen LogP) is 1.78. The smallest absolute Gasteiger partial charge is 0.127 e. The molecule has 0 aliphatic heterocycles. The molecule has 0 aliphatic rings. The van der Waals surface area contributed by atoms with Gasteiger partial charge in [-0.2, -0.15) is 0 Å². The number of aliphatic hydroxyl groups excluding tert-OH is 1. The maximum Gasteiger partial charge on any atom is 0.127 e. The summed E-state index contributed by atoms with van der Waals surface area (Å²) in [5, 5.41) is 12.7. The molecule has 2 aromatic rings. The molecule has 0 spiro atoms. The van der Waals surface area contributed by atoms with Crippen LogP contribution >= 0.6 is 23.1 Å². The Hall–Kier alpha value is -0.650. The van der Waals surface area contributed by atoms with E-state index >= 15 is 0 Å². The van der Waals surface area contributed by atoms with Gasteiger partial charge in [0.2, 0.25) is 0 Å². The van der Waals surface area contributed by atoms with Crippen LogP contribution in [-0.2, 0) is 0 Å². The molecule has 3 nitrogen and oxygen atoms in total. The lowest BCUT2D eigenvalue weighted by molar-refractivity contribution is 0.322. The molecule has 13 heavy (non-hydrogen) atoms. The molecule has 68 valence electrons. The molecular formula is C8H8N2OS2. The zero-order valence-electron chi connectivity index (χ0n) is 6.80. The highest BCUT2D eigenvalue weighted by Crippen LogP contribution is 2.26. The largest absolute Gasteiger partial charge is 0.396 e. The van der Waals surface area contributed by atoms with E-state index in [-0.39, 0.29) is 6.61 Å². The second kappa shape index (κ2) is 4.04. The molecule has 2 aromatic heterocycles. The fourth-order valence-electron chi connectivity index (χ4n) is 1.02. The molecule has 0 bridgehead atoms. The van der Waals surface area contributed by atoms with Gasteiger partial charge in [0.25, 0.3) is 0 Å². The van der Waals surface area contributed by atoms with Gasteiger partial charge in [-0.3, -0.25) is 0 Å². The monoisotopic (exact) mass is 212 g/mol. The van der Waals surface area contributed by atoms with Crippen LogP contribution in [0.3, 0.4) is 0 Å². The second-order valence-corrected chi connectivity index (χ2v) is 4.37. The van der Waals surface area contributed by atoms with Gasteiger partial charge in [-0.15, -0.1) is 23.1 Å². The van der Waals surface area contributed by atoms with Crippen molar-refractivity contribution in [2.24, 2.45) is 0 Å². The number of aromatic nitrogens is 2. The zero-order valence-corrected chi connectivity index (χ0v) is 8.44. The lowest BCUT2D eigenvalue weighted by Gasteiger charge is -1.98. The zero-order chi connectivity index (χ0) is 9.10. The first-order valence-electron chi connectivity index (χ1n) is 3.83. The highest BCUT2D eigenvalue weighted by Gasteiger charge is 2.03. The number of thiophene rings is 1. The third-order valence-corrected chi connectivity index (χ3v) is 3.36. The topological polar surface area (TPSA) is 46.0 Å². The Morgan fingerprint density at radius 2 is 2.38 bits per heavy atom. The lowest BCUT2D eigenvalue weighted by atomic mass is 10.4. The average molecular weight is 212 g/mol. The van der Waals surface area contributed by atoms with Gasteiger partial charge in [-0.25, -0.2) is 9.97 Å². The Kier molecular flexibility index (Phi) is 2.77. The van der Waals surface area contributed by atoms with Crippen LogP contribution in [0.4, 0.5) is 0 Å². The van der Waals surface area contributed by atoms with E-state index in [1.807, 2.05) is 11.4 Å². The molecule has 1 N–H and O–H groups in total. The molecule has 2 heterocycles. The van der Waals surface area contributed by atoms with Crippen molar-refractivity contribution < 1.29 is 5.11 Å². The minimum atomic E-state index is 0.181. The van der Waals surface area contributed by atoms with E-state index in [0.29, 0.717) is 5.75 Å². The number of rotatable bonds is 3. The van der Waals surface area contributed by atoms with Crippen molar-refractivity contribution in [2.45, 2.75) is 5.03 Å². The van der Waals surface area contributed by atoms with E-state index in [0.717, 1.165) is 15.2 Å². The Labute approximate surface area is 83.8 Å². The fourth-order valence-corrected chi connectivity index (χ4v) is 2.55. The second-order valence-electron chi connectivity index (χ2n) is 2.39. The SMILES string of the molecule is OCCSc1ncnc2sccc12. The van der Waals surface area contributed by atoms with E-state index in [2.05, 4.69) is 9.97 Å². The Morgan fingerprint density at radius 3 is 3.23 bits per heavy atom. The lowest BCUT2D eigenvalue weighted by Crippen LogP contribution is -1.88. The van der Waals surface area contributed by atoms with Gasteiger partial charge in [0.1, 0.15) is 16.2 Å². The molecule has 0 aromatic carbocycles. The van der Waals surface area contributed by atoms with Gasteiger partial charge in [-0.05, 0) is 11.4 Å². The molecule has 0 saturated heterocycles. The summed E-state index contributed by atoms with van der Waals surface area (Å²) < 4.78 is 0. The van der Waals surface area contributed by atoms with Gasteiger partial charge >= 0.3 is 0 Å². The summed E-state index contributed by atoms with van der Waals surface area (Å²) in [6, 6.07) is 2.01. The molecule has 0 fully saturated rings. The quantitative estimate of drug-likeness (QED) is 0.622. The number of nitrogens with zero attached hydrogens (tertiary/aromatic N) is 2. The van der Waals surface area contributed by atoms with E-state index in [9.17, 15) is 0 Å². The summed E-state index contributed by atoms with van der Waals surface area (Å²) in [4.78, 5) is 9.32. The third kappa shape index (κ3) is 1.82. The average Bonchev–Trinajstić information content (AvgIpc) is 2.62. The van der Waals surface area contributed by atoms with Crippen molar-refractivity contribution in [1.29, 1.82) is 0 Å². The van der Waals surface area contributed by atoms with Gasteiger partial charge < -0.3 is 5.11 Å².